The first kappa shape index (κ1) is 36.3. The van der Waals surface area contributed by atoms with Crippen molar-refractivity contribution in [3.63, 3.8) is 0 Å². The number of amidine groups is 2. The molecule has 2 spiro atoms. The van der Waals surface area contributed by atoms with Crippen LogP contribution in [0.2, 0.25) is 0 Å². The molecule has 0 radical (unpaired) electrons. The van der Waals surface area contributed by atoms with E-state index in [1.54, 1.807) is 22.3 Å². The van der Waals surface area contributed by atoms with Crippen LogP contribution in [0.3, 0.4) is 0 Å². The summed E-state index contributed by atoms with van der Waals surface area (Å²) in [7, 11) is 0. The Hall–Kier alpha value is -5.54. The molecule has 3 fully saturated rings. The number of fused-ring (bicyclic) bond motifs is 10. The Bertz CT molecular complexity index is 2610. The lowest BCUT2D eigenvalue weighted by molar-refractivity contribution is 0.189. The van der Waals surface area contributed by atoms with Crippen molar-refractivity contribution < 1.29 is 0 Å². The van der Waals surface area contributed by atoms with Crippen molar-refractivity contribution in [2.24, 2.45) is 33.2 Å². The largest absolute Gasteiger partial charge is 0.324 e. The van der Waals surface area contributed by atoms with Crippen LogP contribution >= 0.6 is 0 Å². The highest BCUT2D eigenvalue weighted by Gasteiger charge is 2.59. The second kappa shape index (κ2) is 14.6. The van der Waals surface area contributed by atoms with Gasteiger partial charge in [0.15, 0.2) is 6.17 Å². The van der Waals surface area contributed by atoms with Crippen LogP contribution in [-0.4, -0.2) is 11.7 Å². The van der Waals surface area contributed by atoms with E-state index in [-0.39, 0.29) is 11.6 Å². The second-order valence-electron chi connectivity index (χ2n) is 19.0. The van der Waals surface area contributed by atoms with Gasteiger partial charge in [-0.1, -0.05) is 178 Å². The molecule has 5 atom stereocenters. The van der Waals surface area contributed by atoms with E-state index in [1.165, 1.54) is 86.5 Å². The maximum Gasteiger partial charge on any atom is 0.169 e. The molecule has 3 nitrogen and oxygen atoms in total. The summed E-state index contributed by atoms with van der Waals surface area (Å²) in [5.41, 5.74) is 15.9. The maximum atomic E-state index is 5.23. The average molecular weight is 782 g/mol. The molecule has 8 aliphatic rings. The number of nitrogens with zero attached hydrogens (tertiary/aromatic N) is 2. The molecule has 0 aromatic heterocycles. The molecule has 298 valence electrons. The Morgan fingerprint density at radius 1 is 0.583 bits per heavy atom. The van der Waals surface area contributed by atoms with E-state index < -0.39 is 0 Å². The van der Waals surface area contributed by atoms with Gasteiger partial charge in [-0.3, -0.25) is 0 Å². The van der Waals surface area contributed by atoms with Gasteiger partial charge in [0, 0.05) is 39.7 Å². The molecule has 3 saturated carbocycles. The molecule has 0 amide bonds. The lowest BCUT2D eigenvalue weighted by Gasteiger charge is -2.44. The van der Waals surface area contributed by atoms with Crippen molar-refractivity contribution in [3.05, 3.63) is 196 Å². The van der Waals surface area contributed by atoms with E-state index in [9.17, 15) is 0 Å². The molecule has 3 heteroatoms. The van der Waals surface area contributed by atoms with Gasteiger partial charge in [-0.2, -0.15) is 0 Å². The SMILES string of the molecule is C1=CC2C3=CC4C(C=C3C3(CCCCC3)C2C(c2cccc(-c3cccc(C5N=C(C6=CCCC=C6)NC(c6ccccc6)=N5)c3)c2)=C1)c1ccccc1C41CCCCC1. The Labute approximate surface area is 356 Å². The van der Waals surface area contributed by atoms with E-state index in [1.807, 2.05) is 0 Å². The molecule has 4 aromatic rings. The molecule has 1 N–H and O–H groups in total. The first-order valence-corrected chi connectivity index (χ1v) is 23.2. The summed E-state index contributed by atoms with van der Waals surface area (Å²) in [6.07, 6.45) is 35.1. The fraction of sp³-hybridized carbons (Fsp3) is 0.333. The Balaban J connectivity index is 0.914. The molecular weight excluding hydrogens is 727 g/mol. The van der Waals surface area contributed by atoms with Crippen molar-refractivity contribution in [2.75, 3.05) is 0 Å². The summed E-state index contributed by atoms with van der Waals surface area (Å²) in [6, 6.07) is 38.5. The van der Waals surface area contributed by atoms with Crippen LogP contribution in [0.15, 0.2) is 178 Å². The van der Waals surface area contributed by atoms with Crippen molar-refractivity contribution in [1.29, 1.82) is 0 Å². The molecule has 12 rings (SSSR count). The molecule has 0 bridgehead atoms. The molecule has 4 aromatic carbocycles. The number of hydrogen-bond donors (Lipinski definition) is 1. The van der Waals surface area contributed by atoms with E-state index in [4.69, 9.17) is 9.98 Å². The van der Waals surface area contributed by atoms with Gasteiger partial charge < -0.3 is 5.32 Å². The molecule has 5 unspecified atom stereocenters. The highest BCUT2D eigenvalue weighted by Crippen LogP contribution is 2.70. The van der Waals surface area contributed by atoms with Crippen LogP contribution in [0, 0.1) is 23.2 Å². The van der Waals surface area contributed by atoms with Gasteiger partial charge in [0.05, 0.1) is 0 Å². The number of hydrogen-bond acceptors (Lipinski definition) is 3. The third-order valence-electron chi connectivity index (χ3n) is 15.9. The lowest BCUT2D eigenvalue weighted by atomic mass is 9.59. The van der Waals surface area contributed by atoms with Crippen LogP contribution in [0.25, 0.3) is 16.7 Å². The van der Waals surface area contributed by atoms with E-state index >= 15 is 0 Å². The monoisotopic (exact) mass is 781 g/mol. The van der Waals surface area contributed by atoms with Crippen LogP contribution in [0.5, 0.6) is 0 Å². The van der Waals surface area contributed by atoms with Crippen molar-refractivity contribution in [1.82, 2.24) is 5.32 Å². The van der Waals surface area contributed by atoms with Gasteiger partial charge in [0.25, 0.3) is 0 Å². The fourth-order valence-electron chi connectivity index (χ4n) is 13.4. The predicted octanol–water partition coefficient (Wildman–Crippen LogP) is 13.7. The maximum absolute atomic E-state index is 5.23. The van der Waals surface area contributed by atoms with Crippen molar-refractivity contribution >= 4 is 17.2 Å². The summed E-state index contributed by atoms with van der Waals surface area (Å²) in [4.78, 5) is 10.4. The summed E-state index contributed by atoms with van der Waals surface area (Å²) >= 11 is 0. The van der Waals surface area contributed by atoms with Crippen LogP contribution in [0.4, 0.5) is 0 Å². The molecule has 7 aliphatic carbocycles. The van der Waals surface area contributed by atoms with Gasteiger partial charge in [-0.25, -0.2) is 9.98 Å². The third-order valence-corrected chi connectivity index (χ3v) is 15.9. The van der Waals surface area contributed by atoms with Gasteiger partial charge >= 0.3 is 0 Å². The summed E-state index contributed by atoms with van der Waals surface area (Å²) in [5, 5.41) is 3.58. The Morgan fingerprint density at radius 3 is 2.12 bits per heavy atom. The van der Waals surface area contributed by atoms with Crippen molar-refractivity contribution in [2.45, 2.75) is 94.5 Å². The highest BCUT2D eigenvalue weighted by atomic mass is 15.2. The number of benzene rings is 4. The topological polar surface area (TPSA) is 36.8 Å². The first-order valence-electron chi connectivity index (χ1n) is 23.2. The quantitative estimate of drug-likeness (QED) is 0.215. The minimum atomic E-state index is -0.337. The minimum absolute atomic E-state index is 0.186. The lowest BCUT2D eigenvalue weighted by Crippen LogP contribution is -2.36. The summed E-state index contributed by atoms with van der Waals surface area (Å²) < 4.78 is 0. The van der Waals surface area contributed by atoms with Crippen molar-refractivity contribution in [3.8, 4) is 11.1 Å². The Morgan fingerprint density at radius 2 is 1.30 bits per heavy atom. The second-order valence-corrected chi connectivity index (χ2v) is 19.0. The van der Waals surface area contributed by atoms with Gasteiger partial charge in [0.1, 0.15) is 11.7 Å². The Kier molecular flexibility index (Phi) is 8.83. The van der Waals surface area contributed by atoms with Crippen LogP contribution in [-0.2, 0) is 5.41 Å². The fourth-order valence-corrected chi connectivity index (χ4v) is 13.4. The normalized spacial score (nSPS) is 27.9. The van der Waals surface area contributed by atoms with E-state index in [2.05, 4.69) is 157 Å². The van der Waals surface area contributed by atoms with Gasteiger partial charge in [-0.05, 0) is 107 Å². The average Bonchev–Trinajstić information content (AvgIpc) is 3.74. The molecule has 1 aliphatic heterocycles. The van der Waals surface area contributed by atoms with Gasteiger partial charge in [-0.15, -0.1) is 0 Å². The standard InChI is InChI=1S/C57H55N3/c1-5-18-38(19-6-1)53-58-54(39-20-7-2-8-21-39)60-55(59-53)43-25-16-23-41(35-43)40-22-15-24-42(34-40)44-27-17-28-46-48-37-50-47(36-51(48)57(52(44)46)32-13-4-14-33-57)45-26-9-10-29-49(45)56(50)30-11-3-12-31-56/h1,5-7,9-10,15-29,34-37,46-47,50,52,55H,2-4,8,11-14,30-33H2,(H,58,59,60). The molecule has 60 heavy (non-hydrogen) atoms. The molecule has 0 saturated heterocycles. The van der Waals surface area contributed by atoms with E-state index in [0.717, 1.165) is 41.2 Å². The summed E-state index contributed by atoms with van der Waals surface area (Å²) in [5.74, 6) is 3.75. The van der Waals surface area contributed by atoms with Crippen LogP contribution < -0.4 is 5.32 Å². The first-order chi connectivity index (χ1) is 29.7. The van der Waals surface area contributed by atoms with Gasteiger partial charge in [0.2, 0.25) is 0 Å². The minimum Gasteiger partial charge on any atom is -0.324 e. The zero-order valence-corrected chi connectivity index (χ0v) is 34.7. The summed E-state index contributed by atoms with van der Waals surface area (Å²) in [6.45, 7) is 0. The number of aliphatic imine (C=N–C) groups is 2. The van der Waals surface area contributed by atoms with E-state index in [0.29, 0.717) is 29.1 Å². The highest BCUT2D eigenvalue weighted by molar-refractivity contribution is 6.16. The number of nitrogens with one attached hydrogen (secondary N) is 1. The third kappa shape index (κ3) is 5.75. The smallest absolute Gasteiger partial charge is 0.169 e. The van der Waals surface area contributed by atoms with Crippen LogP contribution in [0.1, 0.15) is 117 Å². The number of rotatable bonds is 5. The zero-order valence-electron chi connectivity index (χ0n) is 34.7. The molecular formula is C57H55N3. The zero-order chi connectivity index (χ0) is 39.7. The molecule has 1 heterocycles. The number of allylic oxidation sites excluding steroid dienone is 10. The predicted molar refractivity (Wildman–Crippen MR) is 248 cm³/mol.